The highest BCUT2D eigenvalue weighted by Crippen LogP contribution is 2.43. The van der Waals surface area contributed by atoms with E-state index in [1.807, 2.05) is 142 Å². The van der Waals surface area contributed by atoms with Gasteiger partial charge in [-0.2, -0.15) is 11.8 Å². The number of aliphatic hydroxyl groups is 1. The number of aliphatic carboxylic acids is 1. The van der Waals surface area contributed by atoms with Crippen LogP contribution in [0.2, 0.25) is 0 Å². The highest BCUT2D eigenvalue weighted by Gasteiger charge is 2.38. The van der Waals surface area contributed by atoms with E-state index in [0.29, 0.717) is 45.4 Å². The Morgan fingerprint density at radius 2 is 0.791 bits per heavy atom. The number of carboxylic acids is 1. The third kappa shape index (κ3) is 16.3. The molecule has 9 rings (SSSR count). The van der Waals surface area contributed by atoms with Crippen molar-refractivity contribution in [2.45, 2.75) is 124 Å². The van der Waals surface area contributed by atoms with Crippen molar-refractivity contribution in [3.8, 4) is 0 Å². The van der Waals surface area contributed by atoms with Crippen LogP contribution in [0.1, 0.15) is 139 Å². The lowest BCUT2D eigenvalue weighted by Crippen LogP contribution is -2.26. The van der Waals surface area contributed by atoms with Gasteiger partial charge >= 0.3 is 5.97 Å². The number of benzene rings is 6. The summed E-state index contributed by atoms with van der Waals surface area (Å²) in [5.41, 5.74) is 10.1. The second-order valence-electron chi connectivity index (χ2n) is 22.0. The van der Waals surface area contributed by atoms with Crippen LogP contribution < -0.4 is 34.2 Å². The van der Waals surface area contributed by atoms with E-state index in [4.69, 9.17) is 10.2 Å². The van der Waals surface area contributed by atoms with Gasteiger partial charge in [-0.3, -0.25) is 22.5 Å². The Kier molecular flexibility index (Phi) is 24.3. The molecule has 86 heavy (non-hydrogen) atoms. The van der Waals surface area contributed by atoms with Gasteiger partial charge in [-0.25, -0.2) is 25.3 Å². The average molecular weight is 1250 g/mol. The molecule has 0 saturated carbocycles. The lowest BCUT2D eigenvalue weighted by atomic mass is 9.96. The number of carboxylic acid groups (broad SMARTS) is 1. The van der Waals surface area contributed by atoms with Crippen molar-refractivity contribution in [2.24, 2.45) is 0 Å². The highest BCUT2D eigenvalue weighted by atomic mass is 32.2. The number of para-hydroxylation sites is 3. The molecule has 6 aromatic rings. The van der Waals surface area contributed by atoms with Crippen LogP contribution in [-0.2, 0) is 39.7 Å². The zero-order chi connectivity index (χ0) is 62.2. The van der Waals surface area contributed by atoms with E-state index in [1.165, 1.54) is 12.9 Å². The topological polar surface area (TPSA) is 235 Å². The number of aryl methyl sites for hydroxylation is 3. The van der Waals surface area contributed by atoms with Crippen molar-refractivity contribution in [2.75, 3.05) is 78.9 Å². The first kappa shape index (κ1) is 67.2. The number of thioether (sulfide) groups is 1. The fourth-order valence-corrected chi connectivity index (χ4v) is 16.2. The number of aliphatic hydroxyl groups excluding tert-OH is 1. The predicted octanol–water partition coefficient (Wildman–Crippen LogP) is 10.3. The number of unbranched alkanes of at least 4 members (excludes halogenated alkanes) is 6. The maximum absolute atomic E-state index is 13.3. The smallest absolute Gasteiger partial charge is 0.303 e. The molecule has 3 unspecified atom stereocenters. The number of hydrogen-bond donors (Lipinski definition) is 6. The summed E-state index contributed by atoms with van der Waals surface area (Å²) >= 11 is 1.82. The third-order valence-corrected chi connectivity index (χ3v) is 21.9. The number of carbonyl (C=O) groups excluding carboxylic acids is 1. The van der Waals surface area contributed by atoms with Crippen LogP contribution in [0.4, 0.5) is 17.1 Å². The molecule has 0 radical (unpaired) electrons. The number of rotatable bonds is 23. The molecule has 0 saturated heterocycles. The Morgan fingerprint density at radius 1 is 0.453 bits per heavy atom. The molecule has 1 amide bonds. The number of fused-ring (bicyclic) bond motifs is 6. The maximum Gasteiger partial charge on any atom is 0.303 e. The van der Waals surface area contributed by atoms with Gasteiger partial charge in [0.1, 0.15) is 0 Å². The summed E-state index contributed by atoms with van der Waals surface area (Å²) in [5.74, 6) is 0.306. The van der Waals surface area contributed by atoms with E-state index in [0.717, 1.165) is 133 Å². The van der Waals surface area contributed by atoms with Crippen LogP contribution in [0, 0.1) is 20.8 Å². The molecule has 6 N–H and O–H groups in total. The van der Waals surface area contributed by atoms with Crippen molar-refractivity contribution >= 4 is 70.8 Å². The Balaban J connectivity index is 0.000000186. The van der Waals surface area contributed by atoms with E-state index in [1.54, 1.807) is 39.3 Å². The minimum absolute atomic E-state index is 0.0236. The first-order valence-electron chi connectivity index (χ1n) is 29.5. The molecule has 3 heterocycles. The lowest BCUT2D eigenvalue weighted by molar-refractivity contribution is -0.137. The zero-order valence-electron chi connectivity index (χ0n) is 50.5. The van der Waals surface area contributed by atoms with Gasteiger partial charge in [-0.15, -0.1) is 0 Å². The largest absolute Gasteiger partial charge is 0.481 e. The predicted molar refractivity (Wildman–Crippen MR) is 346 cm³/mol. The molecule has 3 aliphatic heterocycles. The summed E-state index contributed by atoms with van der Waals surface area (Å²) in [6.07, 6.45) is 10.9. The molecule has 17 nitrogen and oxygen atoms in total. The molecule has 0 spiro atoms. The second kappa shape index (κ2) is 31.1. The van der Waals surface area contributed by atoms with Crippen molar-refractivity contribution < 1.29 is 45.1 Å². The van der Waals surface area contributed by atoms with Gasteiger partial charge in [0.2, 0.25) is 5.91 Å². The van der Waals surface area contributed by atoms with Crippen LogP contribution in [0.25, 0.3) is 0 Å². The first-order valence-corrected chi connectivity index (χ1v) is 35.2. The summed E-state index contributed by atoms with van der Waals surface area (Å²) in [5, 5.41) is 30.8. The summed E-state index contributed by atoms with van der Waals surface area (Å²) in [4.78, 5) is 23.3. The summed E-state index contributed by atoms with van der Waals surface area (Å²) < 4.78 is 83.6. The van der Waals surface area contributed by atoms with Gasteiger partial charge in [-0.1, -0.05) is 117 Å². The van der Waals surface area contributed by atoms with E-state index < -0.39 is 36.0 Å². The highest BCUT2D eigenvalue weighted by molar-refractivity contribution is 7.98. The van der Waals surface area contributed by atoms with Crippen LogP contribution in [0.3, 0.4) is 0 Å². The molecular formula is C65H85N7O10S4. The lowest BCUT2D eigenvalue weighted by Gasteiger charge is -2.22. The maximum atomic E-state index is 13.3. The minimum Gasteiger partial charge on any atom is -0.481 e. The fraction of sp³-hybridized carbons (Fsp3) is 0.415. The number of nitrogens with one attached hydrogen (secondary N) is 4. The minimum atomic E-state index is -3.64. The Labute approximate surface area is 514 Å². The summed E-state index contributed by atoms with van der Waals surface area (Å²) in [6, 6.07) is 39.3. The normalized spacial score (nSPS) is 17.4. The Bertz CT molecular complexity index is 3640. The molecule has 3 atom stereocenters. The van der Waals surface area contributed by atoms with E-state index in [9.17, 15) is 34.8 Å². The van der Waals surface area contributed by atoms with Gasteiger partial charge in [0.15, 0.2) is 0 Å². The Hall–Kier alpha value is -6.30. The second-order valence-corrected chi connectivity index (χ2v) is 28.8. The van der Waals surface area contributed by atoms with Gasteiger partial charge in [0.05, 0.1) is 56.5 Å². The molecule has 0 aromatic heterocycles. The fourth-order valence-electron chi connectivity index (χ4n) is 11.1. The average Bonchev–Trinajstić information content (AvgIpc) is 1.70. The van der Waals surface area contributed by atoms with E-state index in [-0.39, 0.29) is 37.1 Å². The molecule has 3 aliphatic rings. The summed E-state index contributed by atoms with van der Waals surface area (Å²) in [7, 11) is -6.01. The number of amides is 1. The monoisotopic (exact) mass is 1250 g/mol. The van der Waals surface area contributed by atoms with Crippen LogP contribution in [-0.4, -0.2) is 113 Å². The van der Waals surface area contributed by atoms with Crippen molar-refractivity contribution in [3.63, 3.8) is 0 Å². The molecule has 0 fully saturated rings. The van der Waals surface area contributed by atoms with Crippen molar-refractivity contribution in [3.05, 3.63) is 177 Å². The number of nitrogens with zero attached hydrogens (tertiary/aromatic N) is 3. The van der Waals surface area contributed by atoms with E-state index in [2.05, 4.69) is 27.5 Å². The van der Waals surface area contributed by atoms with Crippen LogP contribution >= 0.6 is 11.8 Å². The zero-order valence-corrected chi connectivity index (χ0v) is 53.8. The quantitative estimate of drug-likeness (QED) is 0.0328. The third-order valence-electron chi connectivity index (χ3n) is 15.8. The number of carbonyl (C=O) groups is 2. The number of sulfonamides is 3. The molecule has 0 aliphatic carbocycles. The summed E-state index contributed by atoms with van der Waals surface area (Å²) in [6.45, 7) is 8.30. The van der Waals surface area contributed by atoms with Crippen LogP contribution in [0.15, 0.2) is 142 Å². The molecule has 6 aromatic carbocycles. The SMILES string of the molecule is CSCCCNC1c2ccccc2N(C)S(=O)(=O)c2cc(C)ccc21.Cc1ccc2c(c1)S(=O)(=O)N(C)c1ccccc1C2NCCCCCCC(=O)NCCO.Cc1ccc2c(c1)S(=O)(=O)N(C)c1ccccc1C2NCCCCCCC(=O)O. The number of hydrogen-bond acceptors (Lipinski definition) is 13. The molecule has 464 valence electrons. The van der Waals surface area contributed by atoms with Crippen LogP contribution in [0.5, 0.6) is 0 Å². The van der Waals surface area contributed by atoms with E-state index >= 15 is 0 Å². The number of anilines is 3. The molecule has 0 bridgehead atoms. The van der Waals surface area contributed by atoms with Gasteiger partial charge < -0.3 is 31.5 Å². The van der Waals surface area contributed by atoms with Gasteiger partial charge in [0.25, 0.3) is 30.1 Å². The van der Waals surface area contributed by atoms with Gasteiger partial charge in [0, 0.05) is 40.5 Å². The van der Waals surface area contributed by atoms with Crippen molar-refractivity contribution in [1.82, 2.24) is 21.3 Å². The van der Waals surface area contributed by atoms with Gasteiger partial charge in [-0.05, 0) is 171 Å². The van der Waals surface area contributed by atoms with Crippen molar-refractivity contribution in [1.29, 1.82) is 0 Å². The first-order chi connectivity index (χ1) is 41.1. The standard InChI is InChI=1S/C24H33N3O4S.C22H28N2O4S.C19H24N2O2S2/c1-18-12-13-20-22(17-18)32(30,31)27(2)21-10-7-6-9-19(21)24(20)26-14-8-4-3-5-11-23(29)25-15-16-28;1-16-12-13-18-20(15-16)29(27,28)24(2)19-10-7-6-9-17(19)22(18)23-14-8-4-3-5-11-21(25)26;1-14-9-10-16-18(13-14)25(22,23)21(2)17-8-5-4-7-15(17)19(16)20-11-6-12-24-3/h6-7,9-10,12-13,17,24,26,28H,3-5,8,11,14-16H2,1-2H3,(H,25,29);6-7,9-10,12-13,15,22-23H,3-5,8,11,14H2,1-2H3,(H,25,26);4-5,7-10,13,19-20H,6,11-12H2,1-3H3. The molecule has 21 heteroatoms. The Morgan fingerprint density at radius 3 is 1.14 bits per heavy atom. The molecular weight excluding hydrogens is 1170 g/mol.